The Balaban J connectivity index is 1.87. The molecule has 8 heteroatoms. The SMILES string of the molecule is O=C(CCn1cnc([N+](=O)[O-])c1)N1CCCC1CO. The molecule has 1 amide bonds. The van der Waals surface area contributed by atoms with Gasteiger partial charge in [-0.2, -0.15) is 0 Å². The highest BCUT2D eigenvalue weighted by Crippen LogP contribution is 2.18. The van der Waals surface area contributed by atoms with Gasteiger partial charge in [-0.25, -0.2) is 0 Å². The van der Waals surface area contributed by atoms with Crippen molar-refractivity contribution in [2.24, 2.45) is 0 Å². The van der Waals surface area contributed by atoms with Crippen molar-refractivity contribution in [3.63, 3.8) is 0 Å². The summed E-state index contributed by atoms with van der Waals surface area (Å²) >= 11 is 0. The number of hydrogen-bond donors (Lipinski definition) is 1. The van der Waals surface area contributed by atoms with Gasteiger partial charge in [0.1, 0.15) is 6.20 Å². The third-order valence-corrected chi connectivity index (χ3v) is 3.30. The molecule has 0 aliphatic carbocycles. The Morgan fingerprint density at radius 3 is 3.05 bits per heavy atom. The van der Waals surface area contributed by atoms with Crippen LogP contribution in [0.25, 0.3) is 0 Å². The van der Waals surface area contributed by atoms with Crippen molar-refractivity contribution in [1.82, 2.24) is 14.5 Å². The maximum absolute atomic E-state index is 12.0. The van der Waals surface area contributed by atoms with Crippen LogP contribution in [-0.4, -0.2) is 49.6 Å². The lowest BCUT2D eigenvalue weighted by atomic mass is 10.2. The van der Waals surface area contributed by atoms with Crippen molar-refractivity contribution in [2.45, 2.75) is 31.8 Å². The topological polar surface area (TPSA) is 102 Å². The molecule has 1 atom stereocenters. The van der Waals surface area contributed by atoms with Gasteiger partial charge in [-0.1, -0.05) is 0 Å². The maximum atomic E-state index is 12.0. The Hall–Kier alpha value is -1.96. The molecule has 0 bridgehead atoms. The molecule has 104 valence electrons. The molecule has 1 aliphatic heterocycles. The summed E-state index contributed by atoms with van der Waals surface area (Å²) in [4.78, 5) is 27.2. The van der Waals surface area contributed by atoms with Crippen LogP contribution in [-0.2, 0) is 11.3 Å². The minimum absolute atomic E-state index is 0.0116. The molecule has 2 heterocycles. The number of nitro groups is 1. The van der Waals surface area contributed by atoms with E-state index in [4.69, 9.17) is 5.11 Å². The average Bonchev–Trinajstić information content (AvgIpc) is 3.04. The first-order chi connectivity index (χ1) is 9.11. The average molecular weight is 268 g/mol. The maximum Gasteiger partial charge on any atom is 0.381 e. The molecule has 1 aliphatic rings. The predicted octanol–water partition coefficient (Wildman–Crippen LogP) is 0.165. The van der Waals surface area contributed by atoms with Gasteiger partial charge < -0.3 is 24.7 Å². The van der Waals surface area contributed by atoms with Crippen LogP contribution in [0.3, 0.4) is 0 Å². The second-order valence-corrected chi connectivity index (χ2v) is 4.54. The molecule has 1 unspecified atom stereocenters. The summed E-state index contributed by atoms with van der Waals surface area (Å²) in [6.07, 6.45) is 4.65. The van der Waals surface area contributed by atoms with Gasteiger partial charge in [0.25, 0.3) is 0 Å². The van der Waals surface area contributed by atoms with Crippen molar-refractivity contribution >= 4 is 11.7 Å². The number of carbonyl (C=O) groups is 1. The van der Waals surface area contributed by atoms with Crippen molar-refractivity contribution in [3.8, 4) is 0 Å². The largest absolute Gasteiger partial charge is 0.394 e. The van der Waals surface area contributed by atoms with Crippen molar-refractivity contribution in [3.05, 3.63) is 22.6 Å². The number of nitrogens with zero attached hydrogens (tertiary/aromatic N) is 4. The molecule has 1 aromatic rings. The van der Waals surface area contributed by atoms with E-state index in [0.29, 0.717) is 13.1 Å². The lowest BCUT2D eigenvalue weighted by molar-refractivity contribution is -0.389. The predicted molar refractivity (Wildman–Crippen MR) is 65.3 cm³/mol. The van der Waals surface area contributed by atoms with Crippen LogP contribution >= 0.6 is 0 Å². The fourth-order valence-electron chi connectivity index (χ4n) is 2.29. The fourth-order valence-corrected chi connectivity index (χ4v) is 2.29. The molecule has 0 radical (unpaired) electrons. The van der Waals surface area contributed by atoms with Crippen LogP contribution in [0.2, 0.25) is 0 Å². The Bertz CT molecular complexity index is 473. The first-order valence-corrected chi connectivity index (χ1v) is 6.18. The molecule has 0 aromatic carbocycles. The molecule has 2 rings (SSSR count). The first kappa shape index (κ1) is 13.5. The summed E-state index contributed by atoms with van der Waals surface area (Å²) in [5, 5.41) is 19.6. The molecule has 1 N–H and O–H groups in total. The molecule has 0 spiro atoms. The van der Waals surface area contributed by atoms with Crippen LogP contribution in [0.15, 0.2) is 12.5 Å². The van der Waals surface area contributed by atoms with Crippen LogP contribution in [0.5, 0.6) is 0 Å². The number of hydrogen-bond acceptors (Lipinski definition) is 5. The van der Waals surface area contributed by atoms with Gasteiger partial charge in [-0.3, -0.25) is 4.79 Å². The highest BCUT2D eigenvalue weighted by Gasteiger charge is 2.27. The number of aliphatic hydroxyl groups excluding tert-OH is 1. The molecule has 0 saturated carbocycles. The number of aryl methyl sites for hydroxylation is 1. The Morgan fingerprint density at radius 1 is 1.63 bits per heavy atom. The number of rotatable bonds is 5. The summed E-state index contributed by atoms with van der Waals surface area (Å²) in [6, 6.07) is -0.0791. The van der Waals surface area contributed by atoms with E-state index in [9.17, 15) is 14.9 Å². The smallest absolute Gasteiger partial charge is 0.381 e. The number of carbonyl (C=O) groups excluding carboxylic acids is 1. The van der Waals surface area contributed by atoms with E-state index in [1.807, 2.05) is 0 Å². The van der Waals surface area contributed by atoms with Gasteiger partial charge in [0.2, 0.25) is 12.2 Å². The molecular formula is C11H16N4O4. The fraction of sp³-hybridized carbons (Fsp3) is 0.636. The highest BCUT2D eigenvalue weighted by atomic mass is 16.6. The van der Waals surface area contributed by atoms with Gasteiger partial charge in [-0.15, -0.1) is 0 Å². The summed E-state index contributed by atoms with van der Waals surface area (Å²) in [5.74, 6) is -0.255. The van der Waals surface area contributed by atoms with Crippen molar-refractivity contribution in [1.29, 1.82) is 0 Å². The van der Waals surface area contributed by atoms with Gasteiger partial charge in [0, 0.05) is 19.5 Å². The van der Waals surface area contributed by atoms with E-state index >= 15 is 0 Å². The molecular weight excluding hydrogens is 252 g/mol. The minimum Gasteiger partial charge on any atom is -0.394 e. The van der Waals surface area contributed by atoms with Gasteiger partial charge >= 0.3 is 5.82 Å². The molecule has 1 fully saturated rings. The van der Waals surface area contributed by atoms with Crippen LogP contribution < -0.4 is 0 Å². The van der Waals surface area contributed by atoms with Crippen molar-refractivity contribution < 1.29 is 14.8 Å². The van der Waals surface area contributed by atoms with Gasteiger partial charge in [-0.05, 0) is 22.7 Å². The Labute approximate surface area is 109 Å². The third-order valence-electron chi connectivity index (χ3n) is 3.30. The quantitative estimate of drug-likeness (QED) is 0.605. The lowest BCUT2D eigenvalue weighted by Crippen LogP contribution is -2.37. The molecule has 1 saturated heterocycles. The standard InChI is InChI=1S/C11H16N4O4/c16-7-9-2-1-4-14(9)11(17)3-5-13-6-10(12-8-13)15(18)19/h6,8-9,16H,1-5,7H2. The zero-order valence-electron chi connectivity index (χ0n) is 10.4. The first-order valence-electron chi connectivity index (χ1n) is 6.18. The third kappa shape index (κ3) is 3.08. The summed E-state index contributed by atoms with van der Waals surface area (Å²) in [7, 11) is 0. The highest BCUT2D eigenvalue weighted by molar-refractivity contribution is 5.76. The zero-order valence-corrected chi connectivity index (χ0v) is 10.4. The number of likely N-dealkylation sites (tertiary alicyclic amines) is 1. The summed E-state index contributed by atoms with van der Waals surface area (Å²) in [6.45, 7) is 1.02. The van der Waals surface area contributed by atoms with E-state index in [2.05, 4.69) is 4.98 Å². The van der Waals surface area contributed by atoms with Gasteiger partial charge in [0.05, 0.1) is 12.6 Å². The monoisotopic (exact) mass is 268 g/mol. The van der Waals surface area contributed by atoms with Crippen LogP contribution in [0.4, 0.5) is 5.82 Å². The minimum atomic E-state index is -0.569. The number of aliphatic hydroxyl groups is 1. The molecule has 19 heavy (non-hydrogen) atoms. The van der Waals surface area contributed by atoms with Crippen molar-refractivity contribution in [2.75, 3.05) is 13.2 Å². The molecule has 1 aromatic heterocycles. The Morgan fingerprint density at radius 2 is 2.42 bits per heavy atom. The van der Waals surface area contributed by atoms with Crippen LogP contribution in [0, 0.1) is 10.1 Å². The number of imidazole rings is 1. The second-order valence-electron chi connectivity index (χ2n) is 4.54. The number of amides is 1. The van der Waals surface area contributed by atoms with Crippen LogP contribution in [0.1, 0.15) is 19.3 Å². The van der Waals surface area contributed by atoms with E-state index in [-0.39, 0.29) is 30.8 Å². The zero-order chi connectivity index (χ0) is 13.8. The summed E-state index contributed by atoms with van der Waals surface area (Å²) in [5.41, 5.74) is 0. The lowest BCUT2D eigenvalue weighted by Gasteiger charge is -2.22. The van der Waals surface area contributed by atoms with E-state index in [1.54, 1.807) is 4.90 Å². The van der Waals surface area contributed by atoms with E-state index in [0.717, 1.165) is 12.8 Å². The number of aromatic nitrogens is 2. The normalized spacial score (nSPS) is 18.8. The molecule has 8 nitrogen and oxygen atoms in total. The van der Waals surface area contributed by atoms with Gasteiger partial charge in [0.15, 0.2) is 0 Å². The second kappa shape index (κ2) is 5.79. The van der Waals surface area contributed by atoms with E-state index < -0.39 is 4.92 Å². The Kier molecular flexibility index (Phi) is 4.10. The summed E-state index contributed by atoms with van der Waals surface area (Å²) < 4.78 is 1.53. The van der Waals surface area contributed by atoms with E-state index in [1.165, 1.54) is 17.1 Å².